The van der Waals surface area contributed by atoms with E-state index in [9.17, 15) is 4.79 Å². The molecule has 88 valence electrons. The van der Waals surface area contributed by atoms with Crippen LogP contribution in [-0.2, 0) is 0 Å². The van der Waals surface area contributed by atoms with Crippen LogP contribution in [0.25, 0.3) is 0 Å². The molecule has 0 N–H and O–H groups in total. The molecule has 1 aromatic rings. The van der Waals surface area contributed by atoms with Gasteiger partial charge in [0.15, 0.2) is 4.67 Å². The third kappa shape index (κ3) is 2.35. The van der Waals surface area contributed by atoms with Gasteiger partial charge in [-0.15, -0.1) is 0 Å². The van der Waals surface area contributed by atoms with Gasteiger partial charge in [-0.05, 0) is 34.3 Å². The Bertz CT molecular complexity index is 391. The van der Waals surface area contributed by atoms with Crippen LogP contribution in [0.3, 0.4) is 0 Å². The topological polar surface area (TPSA) is 33.5 Å². The Kier molecular flexibility index (Phi) is 3.74. The molecule has 16 heavy (non-hydrogen) atoms. The van der Waals surface area contributed by atoms with Crippen LogP contribution < -0.4 is 0 Å². The first kappa shape index (κ1) is 12.2. The minimum Gasteiger partial charge on any atom is -0.457 e. The van der Waals surface area contributed by atoms with Crippen LogP contribution in [0.15, 0.2) is 21.4 Å². The molecule has 1 aliphatic heterocycles. The van der Waals surface area contributed by atoms with Crippen molar-refractivity contribution in [3.8, 4) is 0 Å². The second kappa shape index (κ2) is 4.92. The minimum absolute atomic E-state index is 0.0480. The molecule has 3 nitrogen and oxygen atoms in total. The molecule has 2 heterocycles. The molecule has 0 aromatic carbocycles. The van der Waals surface area contributed by atoms with Gasteiger partial charge < -0.3 is 9.32 Å². The molecule has 2 unspecified atom stereocenters. The molecule has 0 aliphatic carbocycles. The zero-order valence-corrected chi connectivity index (χ0v) is 12.1. The van der Waals surface area contributed by atoms with Gasteiger partial charge in [0.1, 0.15) is 0 Å². The number of carbonyl (C=O) groups excluding carboxylic acids is 1. The zero-order chi connectivity index (χ0) is 11.7. The Balaban J connectivity index is 2.09. The van der Waals surface area contributed by atoms with Gasteiger partial charge in [-0.2, -0.15) is 0 Å². The van der Waals surface area contributed by atoms with Crippen LogP contribution in [0.1, 0.15) is 23.7 Å². The lowest BCUT2D eigenvalue weighted by molar-refractivity contribution is 0.0688. The Morgan fingerprint density at radius 3 is 2.94 bits per heavy atom. The molecule has 1 saturated heterocycles. The van der Waals surface area contributed by atoms with Crippen LogP contribution in [0.4, 0.5) is 0 Å². The highest BCUT2D eigenvalue weighted by atomic mass is 79.9. The predicted octanol–water partition coefficient (Wildman–Crippen LogP) is 3.29. The highest BCUT2D eigenvalue weighted by Gasteiger charge is 2.28. The van der Waals surface area contributed by atoms with Gasteiger partial charge in [-0.1, -0.05) is 22.9 Å². The van der Waals surface area contributed by atoms with E-state index in [1.165, 1.54) is 6.26 Å². The van der Waals surface area contributed by atoms with Gasteiger partial charge in [0.2, 0.25) is 0 Å². The summed E-state index contributed by atoms with van der Waals surface area (Å²) in [7, 11) is 0. The van der Waals surface area contributed by atoms with Crippen molar-refractivity contribution in [3.05, 3.63) is 22.6 Å². The molecule has 0 spiro atoms. The summed E-state index contributed by atoms with van der Waals surface area (Å²) in [6.07, 6.45) is 2.53. The molecule has 1 fully saturated rings. The maximum Gasteiger partial charge on any atom is 0.258 e. The lowest BCUT2D eigenvalue weighted by atomic mass is 9.99. The van der Waals surface area contributed by atoms with Crippen molar-refractivity contribution in [2.45, 2.75) is 18.2 Å². The fourth-order valence-corrected chi connectivity index (χ4v) is 2.70. The number of alkyl halides is 1. The van der Waals surface area contributed by atoms with Gasteiger partial charge in [0.25, 0.3) is 5.91 Å². The fourth-order valence-electron chi connectivity index (χ4n) is 1.92. The van der Waals surface area contributed by atoms with Gasteiger partial charge >= 0.3 is 0 Å². The molecule has 2 rings (SSSR count). The summed E-state index contributed by atoms with van der Waals surface area (Å²) in [6.45, 7) is 3.76. The number of hydrogen-bond donors (Lipinski definition) is 0. The molecular weight excluding hydrogens is 338 g/mol. The maximum atomic E-state index is 12.2. The second-order valence-electron chi connectivity index (χ2n) is 4.14. The normalized spacial score (nSPS) is 25.8. The van der Waals surface area contributed by atoms with Crippen LogP contribution in [0, 0.1) is 5.92 Å². The third-order valence-electron chi connectivity index (χ3n) is 2.94. The summed E-state index contributed by atoms with van der Waals surface area (Å²) in [5.74, 6) is 0.537. The highest BCUT2D eigenvalue weighted by Crippen LogP contribution is 2.26. The first-order valence-electron chi connectivity index (χ1n) is 5.26. The monoisotopic (exact) mass is 349 g/mol. The van der Waals surface area contributed by atoms with Crippen molar-refractivity contribution in [2.75, 3.05) is 13.1 Å². The van der Waals surface area contributed by atoms with Crippen molar-refractivity contribution >= 4 is 37.8 Å². The molecule has 0 radical (unpaired) electrons. The van der Waals surface area contributed by atoms with E-state index in [0.29, 0.717) is 21.0 Å². The smallest absolute Gasteiger partial charge is 0.258 e. The highest BCUT2D eigenvalue weighted by molar-refractivity contribution is 9.10. The quantitative estimate of drug-likeness (QED) is 0.728. The zero-order valence-electron chi connectivity index (χ0n) is 8.95. The van der Waals surface area contributed by atoms with E-state index in [0.717, 1.165) is 19.5 Å². The average molecular weight is 351 g/mol. The number of furan rings is 1. The standard InChI is InChI=1S/C11H13Br2NO2/c1-7-6-14(4-2-9(7)12)11(15)8-3-5-16-10(8)13/h3,5,7,9H,2,4,6H2,1H3. The number of nitrogens with zero attached hydrogens (tertiary/aromatic N) is 1. The van der Waals surface area contributed by atoms with E-state index in [4.69, 9.17) is 4.42 Å². The summed E-state index contributed by atoms with van der Waals surface area (Å²) in [5.41, 5.74) is 0.611. The van der Waals surface area contributed by atoms with Crippen molar-refractivity contribution in [1.82, 2.24) is 4.90 Å². The number of likely N-dealkylation sites (tertiary alicyclic amines) is 1. The Morgan fingerprint density at radius 2 is 2.38 bits per heavy atom. The molecule has 1 amide bonds. The summed E-state index contributed by atoms with van der Waals surface area (Å²) in [5, 5.41) is 0. The molecule has 2 atom stereocenters. The SMILES string of the molecule is CC1CN(C(=O)c2ccoc2Br)CCC1Br. The first-order chi connectivity index (χ1) is 7.59. The van der Waals surface area contributed by atoms with Crippen LogP contribution in [-0.4, -0.2) is 28.7 Å². The maximum absolute atomic E-state index is 12.2. The lowest BCUT2D eigenvalue weighted by Crippen LogP contribution is -2.43. The third-order valence-corrected chi connectivity index (χ3v) is 4.91. The summed E-state index contributed by atoms with van der Waals surface area (Å²) >= 11 is 6.86. The minimum atomic E-state index is 0.0480. The van der Waals surface area contributed by atoms with Crippen molar-refractivity contribution < 1.29 is 9.21 Å². The number of piperidine rings is 1. The van der Waals surface area contributed by atoms with Gasteiger partial charge in [-0.25, -0.2) is 0 Å². The largest absolute Gasteiger partial charge is 0.457 e. The van der Waals surface area contributed by atoms with Crippen molar-refractivity contribution in [1.29, 1.82) is 0 Å². The van der Waals surface area contributed by atoms with Crippen molar-refractivity contribution in [2.24, 2.45) is 5.92 Å². The van der Waals surface area contributed by atoms with Crippen molar-refractivity contribution in [3.63, 3.8) is 0 Å². The number of rotatable bonds is 1. The van der Waals surface area contributed by atoms with Crippen LogP contribution in [0.5, 0.6) is 0 Å². The summed E-state index contributed by atoms with van der Waals surface area (Å²) in [6, 6.07) is 1.71. The van der Waals surface area contributed by atoms with Crippen LogP contribution in [0.2, 0.25) is 0 Å². The van der Waals surface area contributed by atoms with E-state index in [1.54, 1.807) is 6.07 Å². The first-order valence-corrected chi connectivity index (χ1v) is 6.97. The predicted molar refractivity (Wildman–Crippen MR) is 68.8 cm³/mol. The van der Waals surface area contributed by atoms with E-state index in [1.807, 2.05) is 4.90 Å². The molecule has 5 heteroatoms. The fraction of sp³-hybridized carbons (Fsp3) is 0.545. The summed E-state index contributed by atoms with van der Waals surface area (Å²) in [4.78, 5) is 14.6. The average Bonchev–Trinajstić information content (AvgIpc) is 2.67. The van der Waals surface area contributed by atoms with E-state index in [2.05, 4.69) is 38.8 Å². The second-order valence-corrected chi connectivity index (χ2v) is 6.04. The number of hydrogen-bond acceptors (Lipinski definition) is 2. The Morgan fingerprint density at radius 1 is 1.62 bits per heavy atom. The van der Waals surface area contributed by atoms with Crippen LogP contribution >= 0.6 is 31.9 Å². The number of amides is 1. The molecule has 0 saturated carbocycles. The van der Waals surface area contributed by atoms with Gasteiger partial charge in [0.05, 0.1) is 11.8 Å². The summed E-state index contributed by atoms with van der Waals surface area (Å²) < 4.78 is 5.60. The molecule has 1 aromatic heterocycles. The lowest BCUT2D eigenvalue weighted by Gasteiger charge is -2.34. The molecular formula is C11H13Br2NO2. The van der Waals surface area contributed by atoms with E-state index in [-0.39, 0.29) is 5.91 Å². The number of carbonyl (C=O) groups is 1. The Hall–Kier alpha value is -0.290. The molecule has 1 aliphatic rings. The van der Waals surface area contributed by atoms with Gasteiger partial charge in [0, 0.05) is 17.9 Å². The van der Waals surface area contributed by atoms with E-state index >= 15 is 0 Å². The molecule has 0 bridgehead atoms. The van der Waals surface area contributed by atoms with E-state index < -0.39 is 0 Å². The van der Waals surface area contributed by atoms with Gasteiger partial charge in [-0.3, -0.25) is 4.79 Å². The number of halogens is 2. The Labute approximate surface area is 111 Å².